The quantitative estimate of drug-likeness (QED) is 0.480. The molecule has 8 nitrogen and oxygen atoms in total. The van der Waals surface area contributed by atoms with Crippen molar-refractivity contribution in [1.29, 1.82) is 0 Å². The third-order valence-corrected chi connectivity index (χ3v) is 4.34. The molecule has 4 rings (SSSR count). The van der Waals surface area contributed by atoms with Gasteiger partial charge in [-0.25, -0.2) is 19.6 Å². The number of methoxy groups -OCH3 is 1. The second kappa shape index (κ2) is 7.59. The van der Waals surface area contributed by atoms with E-state index in [4.69, 9.17) is 9.47 Å². The molecule has 0 aliphatic rings. The van der Waals surface area contributed by atoms with Crippen LogP contribution >= 0.6 is 0 Å². The highest BCUT2D eigenvalue weighted by atomic mass is 16.5. The lowest BCUT2D eigenvalue weighted by atomic mass is 10.1. The average molecular weight is 391 g/mol. The molecule has 0 unspecified atom stereocenters. The molecular weight excluding hydrogens is 374 g/mol. The van der Waals surface area contributed by atoms with Crippen LogP contribution in [0.25, 0.3) is 16.4 Å². The molecule has 0 aliphatic heterocycles. The van der Waals surface area contributed by atoms with E-state index >= 15 is 0 Å². The molecule has 0 spiro atoms. The zero-order chi connectivity index (χ0) is 20.4. The van der Waals surface area contributed by atoms with Crippen LogP contribution in [0.15, 0.2) is 55.0 Å². The molecule has 0 fully saturated rings. The number of para-hydroxylation sites is 1. The monoisotopic (exact) mass is 391 g/mol. The van der Waals surface area contributed by atoms with Crippen LogP contribution in [0.4, 0.5) is 0 Å². The van der Waals surface area contributed by atoms with Gasteiger partial charge >= 0.3 is 11.9 Å². The van der Waals surface area contributed by atoms with Gasteiger partial charge in [0.2, 0.25) is 5.88 Å². The van der Waals surface area contributed by atoms with E-state index in [1.807, 2.05) is 28.7 Å². The zero-order valence-electron chi connectivity index (χ0n) is 15.8. The molecule has 0 saturated heterocycles. The predicted molar refractivity (Wildman–Crippen MR) is 104 cm³/mol. The minimum Gasteiger partial charge on any atom is -0.464 e. The van der Waals surface area contributed by atoms with Gasteiger partial charge in [-0.05, 0) is 25.1 Å². The van der Waals surface area contributed by atoms with E-state index in [1.54, 1.807) is 25.3 Å². The van der Waals surface area contributed by atoms with Crippen LogP contribution < -0.4 is 4.74 Å². The fourth-order valence-electron chi connectivity index (χ4n) is 3.10. The van der Waals surface area contributed by atoms with Crippen LogP contribution in [0.2, 0.25) is 0 Å². The third kappa shape index (κ3) is 3.36. The van der Waals surface area contributed by atoms with E-state index in [-0.39, 0.29) is 17.5 Å². The highest BCUT2D eigenvalue weighted by molar-refractivity contribution is 6.11. The molecular formula is C21H17N3O5. The van der Waals surface area contributed by atoms with Crippen molar-refractivity contribution in [2.45, 2.75) is 6.92 Å². The maximum Gasteiger partial charge on any atom is 0.358 e. The number of hydrogen-bond acceptors (Lipinski definition) is 7. The van der Waals surface area contributed by atoms with Gasteiger partial charge in [-0.1, -0.05) is 18.2 Å². The Morgan fingerprint density at radius 2 is 1.83 bits per heavy atom. The van der Waals surface area contributed by atoms with Gasteiger partial charge in [0.25, 0.3) is 0 Å². The maximum atomic E-state index is 12.5. The largest absolute Gasteiger partial charge is 0.464 e. The van der Waals surface area contributed by atoms with Gasteiger partial charge in [0, 0.05) is 5.39 Å². The minimum atomic E-state index is -0.573. The van der Waals surface area contributed by atoms with E-state index in [9.17, 15) is 9.59 Å². The van der Waals surface area contributed by atoms with Gasteiger partial charge in [0.1, 0.15) is 5.75 Å². The Morgan fingerprint density at radius 3 is 2.55 bits per heavy atom. The van der Waals surface area contributed by atoms with Crippen molar-refractivity contribution < 1.29 is 23.8 Å². The number of ether oxygens (including phenoxy) is 3. The fourth-order valence-corrected chi connectivity index (χ4v) is 3.10. The normalized spacial score (nSPS) is 10.8. The number of pyridine rings is 1. The van der Waals surface area contributed by atoms with Crippen LogP contribution in [0.1, 0.15) is 27.8 Å². The summed E-state index contributed by atoms with van der Waals surface area (Å²) in [4.78, 5) is 32.0. The maximum absolute atomic E-state index is 12.5. The third-order valence-electron chi connectivity index (χ3n) is 4.34. The summed E-state index contributed by atoms with van der Waals surface area (Å²) in [6, 6.07) is 11.1. The van der Waals surface area contributed by atoms with E-state index < -0.39 is 5.97 Å². The molecule has 0 atom stereocenters. The van der Waals surface area contributed by atoms with Crippen LogP contribution in [0.5, 0.6) is 11.6 Å². The van der Waals surface area contributed by atoms with Crippen molar-refractivity contribution in [3.63, 3.8) is 0 Å². The number of carbonyl (C=O) groups excluding carboxylic acids is 2. The molecule has 0 amide bonds. The molecule has 0 N–H and O–H groups in total. The van der Waals surface area contributed by atoms with Crippen LogP contribution in [0.3, 0.4) is 0 Å². The number of nitrogens with zero attached hydrogens (tertiary/aromatic N) is 3. The van der Waals surface area contributed by atoms with Crippen molar-refractivity contribution >= 4 is 28.4 Å². The van der Waals surface area contributed by atoms with Gasteiger partial charge in [-0.15, -0.1) is 0 Å². The first-order valence-corrected chi connectivity index (χ1v) is 8.90. The minimum absolute atomic E-state index is 0.0887. The molecule has 4 aromatic rings. The van der Waals surface area contributed by atoms with Crippen molar-refractivity contribution in [3.05, 3.63) is 66.2 Å². The number of benzene rings is 1. The van der Waals surface area contributed by atoms with Crippen LogP contribution in [-0.4, -0.2) is 40.0 Å². The lowest BCUT2D eigenvalue weighted by molar-refractivity contribution is 0.0529. The Hall–Kier alpha value is -3.94. The standard InChI is InChI=1S/C21H17N3O5/c1-3-28-21(26)19-14-6-4-5-7-16(14)24-12-13(8-9-17(19)24)29-18-11-22-15(10-23-18)20(25)27-2/h4-12H,3H2,1-2H3. The van der Waals surface area contributed by atoms with Crippen molar-refractivity contribution in [2.24, 2.45) is 0 Å². The molecule has 1 aromatic carbocycles. The first-order valence-electron chi connectivity index (χ1n) is 8.90. The summed E-state index contributed by atoms with van der Waals surface area (Å²) in [5.41, 5.74) is 2.16. The molecule has 0 aliphatic carbocycles. The molecule has 29 heavy (non-hydrogen) atoms. The number of rotatable bonds is 5. The van der Waals surface area contributed by atoms with E-state index in [1.165, 1.54) is 19.5 Å². The van der Waals surface area contributed by atoms with E-state index in [0.717, 1.165) is 10.9 Å². The lowest BCUT2D eigenvalue weighted by Gasteiger charge is -2.07. The van der Waals surface area contributed by atoms with Crippen LogP contribution in [-0.2, 0) is 9.47 Å². The lowest BCUT2D eigenvalue weighted by Crippen LogP contribution is -2.05. The Balaban J connectivity index is 1.74. The molecule has 146 valence electrons. The highest BCUT2D eigenvalue weighted by Gasteiger charge is 2.19. The molecule has 0 saturated carbocycles. The second-order valence-corrected chi connectivity index (χ2v) is 6.07. The summed E-state index contributed by atoms with van der Waals surface area (Å²) < 4.78 is 17.5. The van der Waals surface area contributed by atoms with Crippen molar-refractivity contribution in [3.8, 4) is 11.6 Å². The van der Waals surface area contributed by atoms with Crippen molar-refractivity contribution in [2.75, 3.05) is 13.7 Å². The number of carbonyl (C=O) groups is 2. The molecule has 3 aromatic heterocycles. The Labute approximate surface area is 165 Å². The molecule has 0 bridgehead atoms. The molecule has 8 heteroatoms. The second-order valence-electron chi connectivity index (χ2n) is 6.07. The summed E-state index contributed by atoms with van der Waals surface area (Å²) in [6.07, 6.45) is 4.38. The van der Waals surface area contributed by atoms with Gasteiger partial charge < -0.3 is 18.6 Å². The fraction of sp³-hybridized carbons (Fsp3) is 0.143. The number of hydrogen-bond donors (Lipinski definition) is 0. The number of aromatic nitrogens is 3. The van der Waals surface area contributed by atoms with E-state index in [2.05, 4.69) is 14.7 Å². The zero-order valence-corrected chi connectivity index (χ0v) is 15.8. The van der Waals surface area contributed by atoms with Gasteiger partial charge in [0.05, 0.1) is 48.9 Å². The number of fused-ring (bicyclic) bond motifs is 3. The first kappa shape index (κ1) is 18.4. The smallest absolute Gasteiger partial charge is 0.358 e. The van der Waals surface area contributed by atoms with Gasteiger partial charge in [-0.2, -0.15) is 0 Å². The van der Waals surface area contributed by atoms with E-state index in [0.29, 0.717) is 23.4 Å². The summed E-state index contributed by atoms with van der Waals surface area (Å²) in [7, 11) is 1.27. The number of esters is 2. The molecule has 0 radical (unpaired) electrons. The summed E-state index contributed by atoms with van der Waals surface area (Å²) in [5.74, 6) is -0.229. The SMILES string of the molecule is CCOC(=O)c1c2ccccc2n2cc(Oc3cnc(C(=O)OC)cn3)ccc12. The topological polar surface area (TPSA) is 92.0 Å². The summed E-state index contributed by atoms with van der Waals surface area (Å²) >= 11 is 0. The van der Waals surface area contributed by atoms with Gasteiger partial charge in [-0.3, -0.25) is 0 Å². The van der Waals surface area contributed by atoms with Gasteiger partial charge in [0.15, 0.2) is 5.69 Å². The summed E-state index contributed by atoms with van der Waals surface area (Å²) in [5, 5.41) is 0.797. The Bertz CT molecular complexity index is 1210. The predicted octanol–water partition coefficient (Wildman–Crippen LogP) is 3.64. The Morgan fingerprint density at radius 1 is 1.00 bits per heavy atom. The van der Waals surface area contributed by atoms with Crippen LogP contribution in [0, 0.1) is 0 Å². The average Bonchev–Trinajstić information content (AvgIpc) is 3.08. The summed E-state index contributed by atoms with van der Waals surface area (Å²) in [6.45, 7) is 2.07. The van der Waals surface area contributed by atoms with Crippen molar-refractivity contribution in [1.82, 2.24) is 14.4 Å². The Kier molecular flexibility index (Phi) is 4.82. The highest BCUT2D eigenvalue weighted by Crippen LogP contribution is 2.30. The first-order chi connectivity index (χ1) is 14.1. The molecule has 3 heterocycles.